The van der Waals surface area contributed by atoms with Crippen LogP contribution in [-0.4, -0.2) is 29.7 Å². The summed E-state index contributed by atoms with van der Waals surface area (Å²) in [4.78, 5) is 8.33. The summed E-state index contributed by atoms with van der Waals surface area (Å²) in [6.07, 6.45) is 5.89. The third kappa shape index (κ3) is 3.57. The van der Waals surface area contributed by atoms with E-state index in [4.69, 9.17) is 4.74 Å². The van der Waals surface area contributed by atoms with Gasteiger partial charge in [-0.2, -0.15) is 0 Å². The lowest BCUT2D eigenvalue weighted by Crippen LogP contribution is -2.27. The molecule has 0 aromatic carbocycles. The third-order valence-corrected chi connectivity index (χ3v) is 2.68. The van der Waals surface area contributed by atoms with Crippen molar-refractivity contribution in [2.75, 3.05) is 19.8 Å². The molecule has 0 radical (unpaired) electrons. The molecule has 1 aliphatic heterocycles. The number of aromatic nitrogens is 2. The monoisotopic (exact) mass is 207 g/mol. The van der Waals surface area contributed by atoms with Crippen molar-refractivity contribution in [1.29, 1.82) is 0 Å². The number of rotatable bonds is 4. The maximum Gasteiger partial charge on any atom is 0.141 e. The van der Waals surface area contributed by atoms with Crippen molar-refractivity contribution in [3.05, 3.63) is 24.3 Å². The zero-order valence-corrected chi connectivity index (χ0v) is 8.85. The van der Waals surface area contributed by atoms with Crippen LogP contribution >= 0.6 is 0 Å². The molecule has 0 amide bonds. The van der Waals surface area contributed by atoms with Crippen LogP contribution in [0, 0.1) is 5.92 Å². The van der Waals surface area contributed by atoms with E-state index in [1.165, 1.54) is 12.8 Å². The average Bonchev–Trinajstić information content (AvgIpc) is 2.32. The number of hydrogen-bond acceptors (Lipinski definition) is 4. The van der Waals surface area contributed by atoms with Crippen LogP contribution in [0.1, 0.15) is 18.7 Å². The normalized spacial score (nSPS) is 17.9. The summed E-state index contributed by atoms with van der Waals surface area (Å²) in [6.45, 7) is 3.63. The van der Waals surface area contributed by atoms with E-state index in [0.717, 1.165) is 38.0 Å². The lowest BCUT2D eigenvalue weighted by molar-refractivity contribution is 0.0662. The first-order valence-corrected chi connectivity index (χ1v) is 5.49. The summed E-state index contributed by atoms with van der Waals surface area (Å²) < 4.78 is 5.31. The Morgan fingerprint density at radius 1 is 1.27 bits per heavy atom. The van der Waals surface area contributed by atoms with Gasteiger partial charge in [-0.15, -0.1) is 0 Å². The first-order chi connectivity index (χ1) is 7.45. The molecule has 1 N–H and O–H groups in total. The van der Waals surface area contributed by atoms with E-state index >= 15 is 0 Å². The maximum absolute atomic E-state index is 5.31. The molecule has 0 atom stereocenters. The molecule has 0 aliphatic carbocycles. The van der Waals surface area contributed by atoms with E-state index in [2.05, 4.69) is 15.3 Å². The van der Waals surface area contributed by atoms with Crippen LogP contribution in [0.4, 0.5) is 0 Å². The van der Waals surface area contributed by atoms with Crippen LogP contribution in [0.2, 0.25) is 0 Å². The zero-order valence-electron chi connectivity index (χ0n) is 8.85. The van der Waals surface area contributed by atoms with Gasteiger partial charge in [0.05, 0.1) is 6.54 Å². The molecule has 1 saturated heterocycles. The van der Waals surface area contributed by atoms with Crippen molar-refractivity contribution in [1.82, 2.24) is 15.3 Å². The summed E-state index contributed by atoms with van der Waals surface area (Å²) in [5.74, 6) is 1.62. The van der Waals surface area contributed by atoms with E-state index in [0.29, 0.717) is 0 Å². The van der Waals surface area contributed by atoms with Crippen LogP contribution in [0.25, 0.3) is 0 Å². The molecule has 0 saturated carbocycles. The minimum absolute atomic E-state index is 0.752. The third-order valence-electron chi connectivity index (χ3n) is 2.68. The van der Waals surface area contributed by atoms with Crippen molar-refractivity contribution in [3.8, 4) is 0 Å². The zero-order chi connectivity index (χ0) is 10.3. The van der Waals surface area contributed by atoms with Crippen molar-refractivity contribution in [3.63, 3.8) is 0 Å². The smallest absolute Gasteiger partial charge is 0.141 e. The fourth-order valence-corrected chi connectivity index (χ4v) is 1.76. The second kappa shape index (κ2) is 5.78. The molecule has 0 spiro atoms. The predicted molar refractivity (Wildman–Crippen MR) is 57.3 cm³/mol. The Balaban J connectivity index is 1.66. The molecule has 15 heavy (non-hydrogen) atoms. The molecule has 1 fully saturated rings. The molecule has 1 aromatic rings. The fourth-order valence-electron chi connectivity index (χ4n) is 1.76. The minimum atomic E-state index is 0.752. The van der Waals surface area contributed by atoms with E-state index in [1.807, 2.05) is 6.07 Å². The van der Waals surface area contributed by atoms with Gasteiger partial charge in [0.25, 0.3) is 0 Å². The standard InChI is InChI=1S/C11H17N3O/c1-4-13-11(14-5-1)9-12-8-10-2-6-15-7-3-10/h1,4-5,10,12H,2-3,6-9H2. The summed E-state index contributed by atoms with van der Waals surface area (Å²) >= 11 is 0. The molecule has 4 heteroatoms. The molecule has 0 bridgehead atoms. The SMILES string of the molecule is c1cnc(CNCC2CCOCC2)nc1. The molecule has 0 unspecified atom stereocenters. The molecule has 82 valence electrons. The van der Waals surface area contributed by atoms with Crippen molar-refractivity contribution < 1.29 is 4.74 Å². The molecular formula is C11H17N3O. The van der Waals surface area contributed by atoms with E-state index < -0.39 is 0 Å². The van der Waals surface area contributed by atoms with Gasteiger partial charge in [-0.1, -0.05) is 0 Å². The Kier molecular flexibility index (Phi) is 4.05. The largest absolute Gasteiger partial charge is 0.381 e. The van der Waals surface area contributed by atoms with Gasteiger partial charge in [0.15, 0.2) is 0 Å². The van der Waals surface area contributed by atoms with Crippen LogP contribution in [0.5, 0.6) is 0 Å². The van der Waals surface area contributed by atoms with Gasteiger partial charge >= 0.3 is 0 Å². The molecular weight excluding hydrogens is 190 g/mol. The second-order valence-corrected chi connectivity index (χ2v) is 3.85. The van der Waals surface area contributed by atoms with Crippen LogP contribution in [0.3, 0.4) is 0 Å². The molecule has 2 heterocycles. The Morgan fingerprint density at radius 3 is 2.73 bits per heavy atom. The Hall–Kier alpha value is -1.00. The summed E-state index contributed by atoms with van der Waals surface area (Å²) in [5.41, 5.74) is 0. The number of nitrogens with zero attached hydrogens (tertiary/aromatic N) is 2. The highest BCUT2D eigenvalue weighted by atomic mass is 16.5. The fraction of sp³-hybridized carbons (Fsp3) is 0.636. The van der Waals surface area contributed by atoms with Gasteiger partial charge in [-0.25, -0.2) is 9.97 Å². The highest BCUT2D eigenvalue weighted by molar-refractivity contribution is 4.87. The first-order valence-electron chi connectivity index (χ1n) is 5.49. The van der Waals surface area contributed by atoms with E-state index in [9.17, 15) is 0 Å². The number of ether oxygens (including phenoxy) is 1. The van der Waals surface area contributed by atoms with E-state index in [-0.39, 0.29) is 0 Å². The second-order valence-electron chi connectivity index (χ2n) is 3.85. The van der Waals surface area contributed by atoms with E-state index in [1.54, 1.807) is 12.4 Å². The lowest BCUT2D eigenvalue weighted by atomic mass is 10.0. The van der Waals surface area contributed by atoms with Crippen molar-refractivity contribution in [2.24, 2.45) is 5.92 Å². The average molecular weight is 207 g/mol. The number of nitrogens with one attached hydrogen (secondary N) is 1. The van der Waals surface area contributed by atoms with Gasteiger partial charge in [0, 0.05) is 25.6 Å². The quantitative estimate of drug-likeness (QED) is 0.800. The maximum atomic E-state index is 5.31. The topological polar surface area (TPSA) is 47.0 Å². The Morgan fingerprint density at radius 2 is 2.00 bits per heavy atom. The molecule has 1 aliphatic rings. The van der Waals surface area contributed by atoms with Gasteiger partial charge in [0.2, 0.25) is 0 Å². The van der Waals surface area contributed by atoms with Crippen LogP contribution < -0.4 is 5.32 Å². The predicted octanol–water partition coefficient (Wildman–Crippen LogP) is 0.993. The van der Waals surface area contributed by atoms with Crippen molar-refractivity contribution >= 4 is 0 Å². The summed E-state index contributed by atoms with van der Waals surface area (Å²) in [5, 5.41) is 3.39. The Bertz CT molecular complexity index is 272. The van der Waals surface area contributed by atoms with Gasteiger partial charge in [-0.3, -0.25) is 0 Å². The van der Waals surface area contributed by atoms with Gasteiger partial charge in [0.1, 0.15) is 5.82 Å². The van der Waals surface area contributed by atoms with Crippen LogP contribution in [0.15, 0.2) is 18.5 Å². The molecule has 4 nitrogen and oxygen atoms in total. The number of hydrogen-bond donors (Lipinski definition) is 1. The minimum Gasteiger partial charge on any atom is -0.381 e. The summed E-state index contributed by atoms with van der Waals surface area (Å²) in [6, 6.07) is 1.84. The van der Waals surface area contributed by atoms with Gasteiger partial charge < -0.3 is 10.1 Å². The highest BCUT2D eigenvalue weighted by Crippen LogP contribution is 2.13. The highest BCUT2D eigenvalue weighted by Gasteiger charge is 2.12. The summed E-state index contributed by atoms with van der Waals surface area (Å²) in [7, 11) is 0. The van der Waals surface area contributed by atoms with Gasteiger partial charge in [-0.05, 0) is 31.4 Å². The molecule has 2 rings (SSSR count). The lowest BCUT2D eigenvalue weighted by Gasteiger charge is -2.21. The molecule has 1 aromatic heterocycles. The van der Waals surface area contributed by atoms with Crippen LogP contribution in [-0.2, 0) is 11.3 Å². The van der Waals surface area contributed by atoms with Crippen molar-refractivity contribution in [2.45, 2.75) is 19.4 Å². The Labute approximate surface area is 90.1 Å². The first kappa shape index (κ1) is 10.5.